The number of hydrogen-bond donors (Lipinski definition) is 1. The third kappa shape index (κ3) is 2.98. The van der Waals surface area contributed by atoms with Crippen molar-refractivity contribution in [1.82, 2.24) is 9.38 Å². The van der Waals surface area contributed by atoms with Crippen molar-refractivity contribution < 1.29 is 18.6 Å². The van der Waals surface area contributed by atoms with E-state index in [2.05, 4.69) is 4.98 Å². The number of aromatic nitrogens is 2. The zero-order chi connectivity index (χ0) is 12.8. The molecule has 0 radical (unpaired) electrons. The summed E-state index contributed by atoms with van der Waals surface area (Å²) in [6.07, 6.45) is 1.79. The smallest absolute Gasteiger partial charge is 0.185 e. The van der Waals surface area contributed by atoms with Crippen LogP contribution in [0, 0.1) is 12.7 Å². The number of nitrogens with zero attached hydrogens (tertiary/aromatic N) is 2. The number of halogens is 2. The highest BCUT2D eigenvalue weighted by molar-refractivity contribution is 5.44. The van der Waals surface area contributed by atoms with Gasteiger partial charge in [-0.15, -0.1) is 0 Å². The third-order valence-electron chi connectivity index (χ3n) is 2.22. The lowest BCUT2D eigenvalue weighted by Gasteiger charge is -1.96. The van der Waals surface area contributed by atoms with E-state index in [1.165, 1.54) is 6.07 Å². The molecule has 0 unspecified atom stereocenters. The number of rotatable bonds is 2. The number of aryl methyl sites for hydroxylation is 1. The average Bonchev–Trinajstić information content (AvgIpc) is 2.61. The molecule has 2 rings (SSSR count). The zero-order valence-electron chi connectivity index (χ0n) is 9.65. The number of methoxy groups -OCH3 is 1. The van der Waals surface area contributed by atoms with Crippen LogP contribution >= 0.6 is 0 Å². The van der Waals surface area contributed by atoms with Crippen LogP contribution in [0.3, 0.4) is 0 Å². The Hall–Kier alpha value is -1.53. The molecule has 0 aromatic carbocycles. The minimum atomic E-state index is -1.25. The monoisotopic (exact) mass is 244 g/mol. The lowest BCUT2D eigenvalue weighted by molar-refractivity contribution is 0.168. The number of imidazole rings is 1. The van der Waals surface area contributed by atoms with Crippen LogP contribution in [-0.4, -0.2) is 28.5 Å². The maximum Gasteiger partial charge on any atom is 0.185 e. The molecule has 17 heavy (non-hydrogen) atoms. The molecule has 0 spiro atoms. The Morgan fingerprint density at radius 1 is 1.53 bits per heavy atom. The van der Waals surface area contributed by atoms with E-state index in [-0.39, 0.29) is 5.82 Å². The molecular weight excluding hydrogens is 230 g/mol. The van der Waals surface area contributed by atoms with E-state index in [1.54, 1.807) is 23.8 Å². The van der Waals surface area contributed by atoms with Crippen molar-refractivity contribution in [2.75, 3.05) is 14.0 Å². The van der Waals surface area contributed by atoms with Crippen molar-refractivity contribution in [1.29, 1.82) is 0 Å². The van der Waals surface area contributed by atoms with E-state index in [9.17, 15) is 8.78 Å². The molecule has 2 aromatic heterocycles. The van der Waals surface area contributed by atoms with Gasteiger partial charge in [0.2, 0.25) is 0 Å². The Labute approximate surface area is 97.5 Å². The van der Waals surface area contributed by atoms with Crippen LogP contribution in [0.2, 0.25) is 0 Å². The minimum absolute atomic E-state index is 0.307. The molecule has 0 aliphatic rings. The molecule has 0 saturated heterocycles. The fraction of sp³-hybridized carbons (Fsp3) is 0.364. The number of pyridine rings is 1. The molecule has 0 amide bonds. The van der Waals surface area contributed by atoms with E-state index in [1.807, 2.05) is 6.92 Å². The standard InChI is InChI=1S/C10H11FN2O.CH3FO/c1-7-9(6-14-2)12-10-8(11)4-3-5-13(7)10;2-1-3/h3-5H,6H2,1-2H3;3H,1H2. The van der Waals surface area contributed by atoms with Crippen molar-refractivity contribution in [2.24, 2.45) is 0 Å². The van der Waals surface area contributed by atoms with Gasteiger partial charge in [-0.1, -0.05) is 0 Å². The summed E-state index contributed by atoms with van der Waals surface area (Å²) in [6.45, 7) is 1.06. The van der Waals surface area contributed by atoms with Gasteiger partial charge in [-0.05, 0) is 19.1 Å². The quantitative estimate of drug-likeness (QED) is 0.876. The summed E-state index contributed by atoms with van der Waals surface area (Å²) >= 11 is 0. The molecule has 0 aliphatic carbocycles. The Morgan fingerprint density at radius 2 is 2.18 bits per heavy atom. The van der Waals surface area contributed by atoms with Gasteiger partial charge in [0.15, 0.2) is 18.3 Å². The van der Waals surface area contributed by atoms with E-state index in [0.29, 0.717) is 12.3 Å². The highest BCUT2D eigenvalue weighted by Crippen LogP contribution is 2.14. The van der Waals surface area contributed by atoms with Crippen molar-refractivity contribution in [3.05, 3.63) is 35.5 Å². The molecular formula is C11H14F2N2O2. The van der Waals surface area contributed by atoms with Gasteiger partial charge in [0.1, 0.15) is 0 Å². The minimum Gasteiger partial charge on any atom is -0.378 e. The Bertz CT molecular complexity index is 486. The Morgan fingerprint density at radius 3 is 2.71 bits per heavy atom. The molecule has 0 saturated carbocycles. The van der Waals surface area contributed by atoms with E-state index < -0.39 is 6.86 Å². The van der Waals surface area contributed by atoms with Gasteiger partial charge >= 0.3 is 0 Å². The Kier molecular flexibility index (Phi) is 4.99. The van der Waals surface area contributed by atoms with Gasteiger partial charge in [0.05, 0.1) is 12.3 Å². The summed E-state index contributed by atoms with van der Waals surface area (Å²) in [5, 5.41) is 6.90. The van der Waals surface area contributed by atoms with Gasteiger partial charge in [0, 0.05) is 19.0 Å². The highest BCUT2D eigenvalue weighted by Gasteiger charge is 2.10. The maximum absolute atomic E-state index is 13.3. The van der Waals surface area contributed by atoms with E-state index >= 15 is 0 Å². The van der Waals surface area contributed by atoms with Gasteiger partial charge < -0.3 is 14.2 Å². The highest BCUT2D eigenvalue weighted by atomic mass is 19.1. The topological polar surface area (TPSA) is 46.8 Å². The second-order valence-electron chi connectivity index (χ2n) is 3.25. The normalized spacial score (nSPS) is 10.2. The molecule has 2 heterocycles. The maximum atomic E-state index is 13.3. The number of aliphatic hydroxyl groups excluding tert-OH is 1. The van der Waals surface area contributed by atoms with Crippen molar-refractivity contribution in [3.63, 3.8) is 0 Å². The van der Waals surface area contributed by atoms with Crippen LogP contribution in [0.4, 0.5) is 8.78 Å². The third-order valence-corrected chi connectivity index (χ3v) is 2.22. The molecule has 0 aliphatic heterocycles. The second-order valence-corrected chi connectivity index (χ2v) is 3.25. The molecule has 0 fully saturated rings. The Balaban J connectivity index is 0.000000437. The number of aliphatic hydroxyl groups is 1. The molecule has 94 valence electrons. The number of ether oxygens (including phenoxy) is 1. The van der Waals surface area contributed by atoms with Gasteiger partial charge in [0.25, 0.3) is 0 Å². The van der Waals surface area contributed by atoms with Gasteiger partial charge in [-0.25, -0.2) is 13.8 Å². The molecule has 1 N–H and O–H groups in total. The first-order valence-corrected chi connectivity index (χ1v) is 4.93. The average molecular weight is 244 g/mol. The summed E-state index contributed by atoms with van der Waals surface area (Å²) in [4.78, 5) is 4.16. The summed E-state index contributed by atoms with van der Waals surface area (Å²) in [5.41, 5.74) is 2.05. The van der Waals surface area contributed by atoms with Gasteiger partial charge in [-0.2, -0.15) is 0 Å². The van der Waals surface area contributed by atoms with E-state index in [4.69, 9.17) is 9.84 Å². The number of fused-ring (bicyclic) bond motifs is 1. The molecule has 0 bridgehead atoms. The fourth-order valence-corrected chi connectivity index (χ4v) is 1.47. The predicted molar refractivity (Wildman–Crippen MR) is 58.8 cm³/mol. The number of alkyl halides is 1. The summed E-state index contributed by atoms with van der Waals surface area (Å²) in [5.74, 6) is -0.307. The van der Waals surface area contributed by atoms with Crippen molar-refractivity contribution in [2.45, 2.75) is 13.5 Å². The van der Waals surface area contributed by atoms with Crippen LogP contribution in [0.5, 0.6) is 0 Å². The first-order valence-electron chi connectivity index (χ1n) is 4.93. The molecule has 6 heteroatoms. The SMILES string of the molecule is COCc1nc2c(F)cccn2c1C.OCF. The second kappa shape index (κ2) is 6.27. The summed E-state index contributed by atoms with van der Waals surface area (Å²) in [7, 11) is 1.60. The van der Waals surface area contributed by atoms with Crippen LogP contribution < -0.4 is 0 Å². The van der Waals surface area contributed by atoms with Crippen LogP contribution in [0.25, 0.3) is 5.65 Å². The lowest BCUT2D eigenvalue weighted by atomic mass is 10.3. The van der Waals surface area contributed by atoms with Crippen LogP contribution in [0.15, 0.2) is 18.3 Å². The number of hydrogen-bond acceptors (Lipinski definition) is 3. The first-order chi connectivity index (χ1) is 8.15. The molecule has 4 nitrogen and oxygen atoms in total. The lowest BCUT2D eigenvalue weighted by Crippen LogP contribution is -1.91. The largest absolute Gasteiger partial charge is 0.378 e. The summed E-state index contributed by atoms with van der Waals surface area (Å²) in [6, 6.07) is 3.06. The zero-order valence-corrected chi connectivity index (χ0v) is 9.65. The first kappa shape index (κ1) is 13.5. The molecule has 0 atom stereocenters. The van der Waals surface area contributed by atoms with Crippen LogP contribution in [0.1, 0.15) is 11.4 Å². The van der Waals surface area contributed by atoms with Crippen molar-refractivity contribution >= 4 is 5.65 Å². The predicted octanol–water partition coefficient (Wildman–Crippen LogP) is 1.83. The van der Waals surface area contributed by atoms with Crippen LogP contribution in [-0.2, 0) is 11.3 Å². The summed E-state index contributed by atoms with van der Waals surface area (Å²) < 4.78 is 29.8. The fourth-order valence-electron chi connectivity index (χ4n) is 1.47. The van der Waals surface area contributed by atoms with Gasteiger partial charge in [-0.3, -0.25) is 0 Å². The van der Waals surface area contributed by atoms with Crippen molar-refractivity contribution in [3.8, 4) is 0 Å². The van der Waals surface area contributed by atoms with E-state index in [0.717, 1.165) is 11.4 Å². The molecule has 2 aromatic rings.